The maximum Gasteiger partial charge on any atom is 0.324 e. The quantitative estimate of drug-likeness (QED) is 0.537. The van der Waals surface area contributed by atoms with Crippen LogP contribution in [-0.4, -0.2) is 48.5 Å². The Balaban J connectivity index is 2.35. The number of ether oxygens (including phenoxy) is 1. The molecule has 1 fully saturated rings. The molecule has 2 N–H and O–H groups in total. The van der Waals surface area contributed by atoms with Crippen LogP contribution in [0.1, 0.15) is 6.92 Å². The second-order valence-electron chi connectivity index (χ2n) is 2.67. The number of piperazine rings is 1. The van der Waals surface area contributed by atoms with E-state index in [4.69, 9.17) is 9.94 Å². The van der Waals surface area contributed by atoms with E-state index in [1.54, 1.807) is 6.92 Å². The van der Waals surface area contributed by atoms with Crippen LogP contribution in [-0.2, 0) is 9.53 Å². The predicted octanol–water partition coefficient (Wildman–Crippen LogP) is -0.787. The molecule has 70 valence electrons. The van der Waals surface area contributed by atoms with Crippen LogP contribution in [0.15, 0.2) is 0 Å². The van der Waals surface area contributed by atoms with Gasteiger partial charge in [0.25, 0.3) is 0 Å². The second-order valence-corrected chi connectivity index (χ2v) is 2.67. The third-order valence-corrected chi connectivity index (χ3v) is 1.73. The Kier molecular flexibility index (Phi) is 3.46. The number of hydroxylamine groups is 2. The van der Waals surface area contributed by atoms with Gasteiger partial charge in [-0.3, -0.25) is 4.79 Å². The molecule has 1 aliphatic rings. The lowest BCUT2D eigenvalue weighted by Crippen LogP contribution is -2.53. The normalized spacial score (nSPS) is 25.3. The second kappa shape index (κ2) is 4.39. The van der Waals surface area contributed by atoms with E-state index in [2.05, 4.69) is 5.32 Å². The highest BCUT2D eigenvalue weighted by Crippen LogP contribution is 1.97. The number of hydrogen-bond donors (Lipinski definition) is 2. The smallest absolute Gasteiger partial charge is 0.324 e. The summed E-state index contributed by atoms with van der Waals surface area (Å²) in [5.74, 6) is -0.295. The molecule has 1 rings (SSSR count). The number of carbonyl (C=O) groups is 1. The molecule has 1 atom stereocenters. The van der Waals surface area contributed by atoms with E-state index >= 15 is 0 Å². The maximum atomic E-state index is 11.1. The summed E-state index contributed by atoms with van der Waals surface area (Å²) in [7, 11) is 0. The van der Waals surface area contributed by atoms with Crippen LogP contribution < -0.4 is 5.32 Å². The summed E-state index contributed by atoms with van der Waals surface area (Å²) in [5.41, 5.74) is 0. The fourth-order valence-electron chi connectivity index (χ4n) is 1.14. The number of carbonyl (C=O) groups excluding carboxylic acids is 1. The zero-order chi connectivity index (χ0) is 8.97. The van der Waals surface area contributed by atoms with Crippen LogP contribution in [0.2, 0.25) is 0 Å². The number of hydrogen-bond acceptors (Lipinski definition) is 5. The van der Waals surface area contributed by atoms with Crippen molar-refractivity contribution in [1.29, 1.82) is 0 Å². The van der Waals surface area contributed by atoms with E-state index in [-0.39, 0.29) is 12.0 Å². The molecule has 1 unspecified atom stereocenters. The van der Waals surface area contributed by atoms with Gasteiger partial charge in [0.1, 0.15) is 6.04 Å². The maximum absolute atomic E-state index is 11.1. The number of nitrogens with one attached hydrogen (secondary N) is 1. The fraction of sp³-hybridized carbons (Fsp3) is 0.857. The average molecular weight is 174 g/mol. The zero-order valence-corrected chi connectivity index (χ0v) is 7.12. The van der Waals surface area contributed by atoms with Crippen LogP contribution in [0.5, 0.6) is 0 Å². The molecule has 0 bridgehead atoms. The van der Waals surface area contributed by atoms with Gasteiger partial charge < -0.3 is 15.3 Å². The number of esters is 1. The summed E-state index contributed by atoms with van der Waals surface area (Å²) in [6.45, 7) is 3.61. The van der Waals surface area contributed by atoms with Gasteiger partial charge in [-0.25, -0.2) is 0 Å². The third-order valence-electron chi connectivity index (χ3n) is 1.73. The minimum absolute atomic E-state index is 0.295. The van der Waals surface area contributed by atoms with Crippen LogP contribution in [0.3, 0.4) is 0 Å². The Bertz CT molecular complexity index is 163. The van der Waals surface area contributed by atoms with Crippen molar-refractivity contribution in [3.63, 3.8) is 0 Å². The lowest BCUT2D eigenvalue weighted by molar-refractivity contribution is -0.156. The molecule has 0 saturated carbocycles. The summed E-state index contributed by atoms with van der Waals surface area (Å²) in [4.78, 5) is 11.1. The van der Waals surface area contributed by atoms with Crippen molar-refractivity contribution in [3.05, 3.63) is 0 Å². The lowest BCUT2D eigenvalue weighted by Gasteiger charge is -2.27. The van der Waals surface area contributed by atoms with Crippen molar-refractivity contribution in [1.82, 2.24) is 10.4 Å². The molecule has 0 radical (unpaired) electrons. The van der Waals surface area contributed by atoms with Crippen molar-refractivity contribution in [2.45, 2.75) is 13.0 Å². The largest absolute Gasteiger partial charge is 0.465 e. The van der Waals surface area contributed by atoms with Crippen LogP contribution in [0.4, 0.5) is 0 Å². The predicted molar refractivity (Wildman–Crippen MR) is 41.8 cm³/mol. The molecule has 0 aromatic rings. The SMILES string of the molecule is CCOC(=O)C1CN(O)CCN1. The molecule has 1 saturated heterocycles. The highest BCUT2D eigenvalue weighted by Gasteiger charge is 2.25. The van der Waals surface area contributed by atoms with E-state index in [1.807, 2.05) is 0 Å². The first kappa shape index (κ1) is 9.44. The molecule has 1 aliphatic heterocycles. The topological polar surface area (TPSA) is 61.8 Å². The Morgan fingerprint density at radius 3 is 3.17 bits per heavy atom. The first-order chi connectivity index (χ1) is 5.74. The first-order valence-corrected chi connectivity index (χ1v) is 4.08. The molecule has 5 heteroatoms. The lowest BCUT2D eigenvalue weighted by atomic mass is 10.2. The van der Waals surface area contributed by atoms with Gasteiger partial charge >= 0.3 is 5.97 Å². The minimum atomic E-state index is -0.385. The molecule has 1 heterocycles. The Morgan fingerprint density at radius 2 is 2.58 bits per heavy atom. The molecule has 0 spiro atoms. The standard InChI is InChI=1S/C7H14N2O3/c1-2-12-7(10)6-5-9(11)4-3-8-6/h6,8,11H,2-5H2,1H3. The van der Waals surface area contributed by atoms with Crippen molar-refractivity contribution < 1.29 is 14.7 Å². The zero-order valence-electron chi connectivity index (χ0n) is 7.12. The Morgan fingerprint density at radius 1 is 1.83 bits per heavy atom. The summed E-state index contributed by atoms with van der Waals surface area (Å²) in [5, 5.41) is 13.2. The van der Waals surface area contributed by atoms with E-state index in [9.17, 15) is 4.79 Å². The van der Waals surface area contributed by atoms with Crippen LogP contribution in [0, 0.1) is 0 Å². The van der Waals surface area contributed by atoms with Crippen molar-refractivity contribution >= 4 is 5.97 Å². The van der Waals surface area contributed by atoms with E-state index in [0.717, 1.165) is 5.06 Å². The van der Waals surface area contributed by atoms with Crippen molar-refractivity contribution in [2.24, 2.45) is 0 Å². The minimum Gasteiger partial charge on any atom is -0.465 e. The molecule has 0 aromatic carbocycles. The van der Waals surface area contributed by atoms with Gasteiger partial charge in [0.15, 0.2) is 0 Å². The van der Waals surface area contributed by atoms with E-state index in [1.165, 1.54) is 0 Å². The monoisotopic (exact) mass is 174 g/mol. The third kappa shape index (κ3) is 2.44. The molecule has 5 nitrogen and oxygen atoms in total. The number of nitrogens with zero attached hydrogens (tertiary/aromatic N) is 1. The molecular formula is C7H14N2O3. The van der Waals surface area contributed by atoms with Gasteiger partial charge in [-0.1, -0.05) is 0 Å². The summed E-state index contributed by atoms with van der Waals surface area (Å²) in [6, 6.07) is -0.385. The molecule has 0 aliphatic carbocycles. The van der Waals surface area contributed by atoms with E-state index < -0.39 is 0 Å². The molecule has 12 heavy (non-hydrogen) atoms. The molecule has 0 aromatic heterocycles. The highest BCUT2D eigenvalue weighted by molar-refractivity contribution is 5.76. The summed E-state index contributed by atoms with van der Waals surface area (Å²) < 4.78 is 4.79. The van der Waals surface area contributed by atoms with Crippen molar-refractivity contribution in [3.8, 4) is 0 Å². The summed E-state index contributed by atoms with van der Waals surface area (Å²) >= 11 is 0. The fourth-order valence-corrected chi connectivity index (χ4v) is 1.14. The highest BCUT2D eigenvalue weighted by atomic mass is 16.5. The van der Waals surface area contributed by atoms with Gasteiger partial charge in [-0.05, 0) is 6.92 Å². The van der Waals surface area contributed by atoms with Gasteiger partial charge in [-0.15, -0.1) is 0 Å². The Labute approximate surface area is 71.3 Å². The van der Waals surface area contributed by atoms with Crippen LogP contribution in [0.25, 0.3) is 0 Å². The van der Waals surface area contributed by atoms with Gasteiger partial charge in [0.05, 0.1) is 13.2 Å². The average Bonchev–Trinajstić information content (AvgIpc) is 2.05. The number of rotatable bonds is 2. The summed E-state index contributed by atoms with van der Waals surface area (Å²) in [6.07, 6.45) is 0. The van der Waals surface area contributed by atoms with Gasteiger partial charge in [-0.2, -0.15) is 5.06 Å². The van der Waals surface area contributed by atoms with Gasteiger partial charge in [0.2, 0.25) is 0 Å². The van der Waals surface area contributed by atoms with Crippen molar-refractivity contribution in [2.75, 3.05) is 26.2 Å². The van der Waals surface area contributed by atoms with Gasteiger partial charge in [0, 0.05) is 13.1 Å². The Hall–Kier alpha value is -0.650. The van der Waals surface area contributed by atoms with Crippen LogP contribution >= 0.6 is 0 Å². The molecule has 0 amide bonds. The van der Waals surface area contributed by atoms with E-state index in [0.29, 0.717) is 26.2 Å². The molecular weight excluding hydrogens is 160 g/mol. The first-order valence-electron chi connectivity index (χ1n) is 4.08.